The highest BCUT2D eigenvalue weighted by molar-refractivity contribution is 5.94. The summed E-state index contributed by atoms with van der Waals surface area (Å²) in [5.41, 5.74) is 3.56. The molecule has 2 N–H and O–H groups in total. The molecule has 0 bridgehead atoms. The van der Waals surface area contributed by atoms with Crippen LogP contribution in [0.4, 0.5) is 0 Å². The zero-order valence-corrected chi connectivity index (χ0v) is 24.8. The summed E-state index contributed by atoms with van der Waals surface area (Å²) in [6.45, 7) is 8.59. The summed E-state index contributed by atoms with van der Waals surface area (Å²) in [5.74, 6) is 0.0440. The predicted molar refractivity (Wildman–Crippen MR) is 166 cm³/mol. The van der Waals surface area contributed by atoms with Crippen molar-refractivity contribution in [2.75, 3.05) is 20.1 Å². The number of benzene rings is 2. The fraction of sp³-hybridized carbons (Fsp3) is 0.382. The maximum Gasteiger partial charge on any atom is 0.263 e. The molecule has 5 rings (SSSR count). The number of rotatable bonds is 5. The predicted octanol–water partition coefficient (Wildman–Crippen LogP) is 5.19. The standard InChI is InChI=1S/C29H31N3O3.C3H7N.C2H6/c1-31-17-7-12-26(28(31)34)27(33)30-21-15-18-32(19-16-21)29(35)25-14-13-22(20-8-3-2-4-9-20)23-10-5-6-11-24(23)25;1-3-4-2;1-2/h2-12,17,21-22,25H,13-16,18-19H2,1H3,(H,30,33);3-4H,1H2,2H3;1-2H3/t22-,25-;;/m0../s1. The van der Waals surface area contributed by atoms with Crippen LogP contribution >= 0.6 is 0 Å². The lowest BCUT2D eigenvalue weighted by atomic mass is 9.73. The van der Waals surface area contributed by atoms with E-state index < -0.39 is 0 Å². The van der Waals surface area contributed by atoms with Crippen LogP contribution in [0.15, 0.2) is 90.5 Å². The monoisotopic (exact) mass is 556 g/mol. The summed E-state index contributed by atoms with van der Waals surface area (Å²) in [5, 5.41) is 5.69. The van der Waals surface area contributed by atoms with Crippen LogP contribution in [0.1, 0.15) is 78.4 Å². The minimum Gasteiger partial charge on any atom is -0.394 e. The van der Waals surface area contributed by atoms with E-state index >= 15 is 0 Å². The highest BCUT2D eigenvalue weighted by Gasteiger charge is 2.35. The summed E-state index contributed by atoms with van der Waals surface area (Å²) in [4.78, 5) is 40.4. The number of aromatic nitrogens is 1. The maximum absolute atomic E-state index is 13.6. The number of carbonyl (C=O) groups excluding carboxylic acids is 2. The van der Waals surface area contributed by atoms with E-state index in [0.29, 0.717) is 31.8 Å². The first-order valence-electron chi connectivity index (χ1n) is 14.6. The largest absolute Gasteiger partial charge is 0.394 e. The molecule has 0 saturated carbocycles. The molecule has 7 nitrogen and oxygen atoms in total. The van der Waals surface area contributed by atoms with Crippen LogP contribution in [0.5, 0.6) is 0 Å². The molecule has 1 fully saturated rings. The number of nitrogens with one attached hydrogen (secondary N) is 2. The summed E-state index contributed by atoms with van der Waals surface area (Å²) in [6, 6.07) is 22.1. The van der Waals surface area contributed by atoms with E-state index in [-0.39, 0.29) is 34.9 Å². The second kappa shape index (κ2) is 15.6. The van der Waals surface area contributed by atoms with Gasteiger partial charge >= 0.3 is 0 Å². The van der Waals surface area contributed by atoms with Crippen molar-refractivity contribution in [3.63, 3.8) is 0 Å². The van der Waals surface area contributed by atoms with Gasteiger partial charge in [0.25, 0.3) is 11.5 Å². The number of hydrogen-bond donors (Lipinski definition) is 2. The van der Waals surface area contributed by atoms with Crippen molar-refractivity contribution in [2.45, 2.75) is 57.4 Å². The normalized spacial score (nSPS) is 17.9. The summed E-state index contributed by atoms with van der Waals surface area (Å²) in [7, 11) is 3.45. The average molecular weight is 557 g/mol. The SMILES string of the molecule is C=CNC.CC.Cn1cccc(C(=O)NC2CCN(C(=O)[C@H]3CC[C@@H](c4ccccc4)c4ccccc43)CC2)c1=O. The summed E-state index contributed by atoms with van der Waals surface area (Å²) < 4.78 is 1.40. The number of nitrogens with zero attached hydrogens (tertiary/aromatic N) is 2. The van der Waals surface area contributed by atoms with Gasteiger partial charge in [-0.25, -0.2) is 0 Å². The van der Waals surface area contributed by atoms with Gasteiger partial charge in [0.15, 0.2) is 0 Å². The smallest absolute Gasteiger partial charge is 0.263 e. The molecule has 2 atom stereocenters. The van der Waals surface area contributed by atoms with Crippen molar-refractivity contribution in [1.29, 1.82) is 0 Å². The number of piperidine rings is 1. The number of hydrogen-bond acceptors (Lipinski definition) is 4. The van der Waals surface area contributed by atoms with E-state index in [9.17, 15) is 14.4 Å². The second-order valence-corrected chi connectivity index (χ2v) is 10.1. The van der Waals surface area contributed by atoms with Gasteiger partial charge in [0, 0.05) is 45.3 Å². The highest BCUT2D eigenvalue weighted by atomic mass is 16.2. The molecule has 2 aromatic carbocycles. The van der Waals surface area contributed by atoms with Gasteiger partial charge in [0.2, 0.25) is 5.91 Å². The summed E-state index contributed by atoms with van der Waals surface area (Å²) >= 11 is 0. The number of fused-ring (bicyclic) bond motifs is 1. The Hall–Kier alpha value is -4.13. The van der Waals surface area contributed by atoms with Gasteiger partial charge in [0.1, 0.15) is 5.56 Å². The van der Waals surface area contributed by atoms with Crippen molar-refractivity contribution >= 4 is 11.8 Å². The fourth-order valence-electron chi connectivity index (χ4n) is 5.58. The third-order valence-electron chi connectivity index (χ3n) is 7.70. The Kier molecular flexibility index (Phi) is 11.9. The molecule has 0 radical (unpaired) electrons. The molecule has 2 heterocycles. The Bertz CT molecular complexity index is 1340. The van der Waals surface area contributed by atoms with Crippen molar-refractivity contribution in [3.8, 4) is 0 Å². The van der Waals surface area contributed by atoms with Crippen molar-refractivity contribution < 1.29 is 9.59 Å². The molecule has 2 aliphatic rings. The Morgan fingerprint density at radius 2 is 1.49 bits per heavy atom. The maximum atomic E-state index is 13.6. The number of pyridine rings is 1. The molecule has 7 heteroatoms. The molecular formula is C34H44N4O3. The lowest BCUT2D eigenvalue weighted by molar-refractivity contribution is -0.134. The van der Waals surface area contributed by atoms with Gasteiger partial charge in [0.05, 0.1) is 5.92 Å². The van der Waals surface area contributed by atoms with E-state index in [0.717, 1.165) is 18.4 Å². The quantitative estimate of drug-likeness (QED) is 0.453. The van der Waals surface area contributed by atoms with Crippen LogP contribution in [0, 0.1) is 0 Å². The molecule has 3 aromatic rings. The molecule has 2 amide bonds. The fourth-order valence-corrected chi connectivity index (χ4v) is 5.58. The van der Waals surface area contributed by atoms with Gasteiger partial charge in [-0.3, -0.25) is 14.4 Å². The second-order valence-electron chi connectivity index (χ2n) is 10.1. The number of carbonyl (C=O) groups is 2. The van der Waals surface area contributed by atoms with Crippen LogP contribution in [-0.2, 0) is 11.8 Å². The van der Waals surface area contributed by atoms with Crippen LogP contribution in [-0.4, -0.2) is 47.5 Å². The van der Waals surface area contributed by atoms with Crippen LogP contribution < -0.4 is 16.2 Å². The number of aryl methyl sites for hydroxylation is 1. The van der Waals surface area contributed by atoms with Gasteiger partial charge in [-0.1, -0.05) is 75.0 Å². The van der Waals surface area contributed by atoms with Crippen molar-refractivity contribution in [2.24, 2.45) is 7.05 Å². The minimum atomic E-state index is -0.343. The van der Waals surface area contributed by atoms with E-state index in [1.165, 1.54) is 15.7 Å². The van der Waals surface area contributed by atoms with Crippen molar-refractivity contribution in [3.05, 3.63) is 118 Å². The van der Waals surface area contributed by atoms with Gasteiger partial charge in [-0.2, -0.15) is 0 Å². The first kappa shape index (κ1) is 31.4. The number of likely N-dealkylation sites (tertiary alicyclic amines) is 1. The third-order valence-corrected chi connectivity index (χ3v) is 7.70. The lowest BCUT2D eigenvalue weighted by Gasteiger charge is -2.37. The lowest BCUT2D eigenvalue weighted by Crippen LogP contribution is -2.48. The topological polar surface area (TPSA) is 83.4 Å². The van der Waals surface area contributed by atoms with E-state index in [1.807, 2.05) is 37.9 Å². The average Bonchev–Trinajstić information content (AvgIpc) is 3.03. The molecule has 1 saturated heterocycles. The first-order valence-corrected chi connectivity index (χ1v) is 14.6. The molecule has 1 aliphatic heterocycles. The molecule has 218 valence electrons. The molecule has 0 unspecified atom stereocenters. The molecular weight excluding hydrogens is 512 g/mol. The zero-order chi connectivity index (χ0) is 29.8. The van der Waals surface area contributed by atoms with E-state index in [1.54, 1.807) is 31.6 Å². The minimum absolute atomic E-state index is 0.0439. The van der Waals surface area contributed by atoms with E-state index in [2.05, 4.69) is 59.7 Å². The van der Waals surface area contributed by atoms with Crippen molar-refractivity contribution in [1.82, 2.24) is 20.1 Å². The van der Waals surface area contributed by atoms with E-state index in [4.69, 9.17) is 0 Å². The van der Waals surface area contributed by atoms with Gasteiger partial charge in [-0.15, -0.1) is 0 Å². The summed E-state index contributed by atoms with van der Waals surface area (Å²) in [6.07, 6.45) is 6.42. The third kappa shape index (κ3) is 7.75. The number of amides is 2. The Balaban J connectivity index is 0.000000710. The van der Waals surface area contributed by atoms with Gasteiger partial charge < -0.3 is 20.1 Å². The van der Waals surface area contributed by atoms with Gasteiger partial charge in [-0.05, 0) is 60.7 Å². The first-order chi connectivity index (χ1) is 19.9. The highest BCUT2D eigenvalue weighted by Crippen LogP contribution is 2.43. The molecule has 41 heavy (non-hydrogen) atoms. The van der Waals surface area contributed by atoms with Crippen LogP contribution in [0.3, 0.4) is 0 Å². The van der Waals surface area contributed by atoms with Crippen LogP contribution in [0.2, 0.25) is 0 Å². The zero-order valence-electron chi connectivity index (χ0n) is 24.8. The molecule has 1 aromatic heterocycles. The van der Waals surface area contributed by atoms with Crippen LogP contribution in [0.25, 0.3) is 0 Å². The Morgan fingerprint density at radius 1 is 0.878 bits per heavy atom. The molecule has 0 spiro atoms. The Labute approximate surface area is 244 Å². The Morgan fingerprint density at radius 3 is 2.12 bits per heavy atom. The molecule has 1 aliphatic carbocycles.